The molecule has 0 aliphatic heterocycles. The number of benzene rings is 2. The Balaban J connectivity index is 1.51. The fourth-order valence-electron chi connectivity index (χ4n) is 3.53. The van der Waals surface area contributed by atoms with Crippen molar-refractivity contribution in [2.75, 3.05) is 12.9 Å². The van der Waals surface area contributed by atoms with Crippen LogP contribution in [0.1, 0.15) is 5.82 Å². The lowest BCUT2D eigenvalue weighted by Gasteiger charge is -2.08. The number of imidazole rings is 1. The molecule has 170 valence electrons. The van der Waals surface area contributed by atoms with Crippen molar-refractivity contribution in [1.82, 2.24) is 19.9 Å². The van der Waals surface area contributed by atoms with Crippen molar-refractivity contribution < 1.29 is 19.0 Å². The highest BCUT2D eigenvalue weighted by atomic mass is 32.2. The molecule has 0 fully saturated rings. The molecule has 3 heterocycles. The van der Waals surface area contributed by atoms with Gasteiger partial charge >= 0.3 is 5.97 Å². The third kappa shape index (κ3) is 4.13. The number of esters is 1. The number of para-hydroxylation sites is 2. The van der Waals surface area contributed by atoms with Gasteiger partial charge in [0.25, 0.3) is 0 Å². The molecule has 0 atom stereocenters. The second-order valence-electron chi connectivity index (χ2n) is 7.22. The summed E-state index contributed by atoms with van der Waals surface area (Å²) in [6, 6.07) is 13.5. The second kappa shape index (κ2) is 9.24. The van der Waals surface area contributed by atoms with Crippen LogP contribution in [0.15, 0.2) is 71.0 Å². The summed E-state index contributed by atoms with van der Waals surface area (Å²) in [5.74, 6) is -0.938. The van der Waals surface area contributed by atoms with Crippen molar-refractivity contribution in [3.8, 4) is 11.1 Å². The number of hydrogen-bond acceptors (Lipinski definition) is 8. The molecule has 0 saturated carbocycles. The number of methoxy groups -OCH3 is 1. The number of nitrogens with one attached hydrogen (secondary N) is 1. The van der Waals surface area contributed by atoms with Gasteiger partial charge in [0.05, 0.1) is 29.3 Å². The number of aliphatic hydroxyl groups excluding tert-OH is 1. The Morgan fingerprint density at radius 3 is 2.74 bits per heavy atom. The lowest BCUT2D eigenvalue weighted by molar-refractivity contribution is -0.133. The van der Waals surface area contributed by atoms with Crippen LogP contribution < -0.4 is 0 Å². The minimum absolute atomic E-state index is 0.0411. The van der Waals surface area contributed by atoms with Gasteiger partial charge in [0.15, 0.2) is 0 Å². The van der Waals surface area contributed by atoms with Crippen molar-refractivity contribution in [2.24, 2.45) is 0 Å². The summed E-state index contributed by atoms with van der Waals surface area (Å²) in [6.07, 6.45) is 1.46. The standard InChI is InChI=1S/C24H17FN4O3S2/c1-32-24(31)20(21-28-16-4-2-3-5-17(16)29-21)18(30)11-34-23-19-15(10-33-22(19)26-12-27-23)13-6-8-14(25)9-7-13/h2-10,12,30H,11H2,1H3,(H,28,29)/b20-18+. The summed E-state index contributed by atoms with van der Waals surface area (Å²) in [6.45, 7) is 0. The molecular weight excluding hydrogens is 475 g/mol. The van der Waals surface area contributed by atoms with Crippen LogP contribution in [0.25, 0.3) is 38.0 Å². The quantitative estimate of drug-likeness (QED) is 0.104. The van der Waals surface area contributed by atoms with E-state index < -0.39 is 5.97 Å². The van der Waals surface area contributed by atoms with E-state index in [2.05, 4.69) is 19.9 Å². The summed E-state index contributed by atoms with van der Waals surface area (Å²) in [5.41, 5.74) is 3.07. The Labute approximate surface area is 201 Å². The molecule has 0 bridgehead atoms. The van der Waals surface area contributed by atoms with Gasteiger partial charge in [-0.1, -0.05) is 36.0 Å². The fraction of sp³-hybridized carbons (Fsp3) is 0.0833. The van der Waals surface area contributed by atoms with Crippen LogP contribution in [0, 0.1) is 5.82 Å². The van der Waals surface area contributed by atoms with Crippen molar-refractivity contribution >= 4 is 55.9 Å². The molecule has 3 aromatic heterocycles. The topological polar surface area (TPSA) is 101 Å². The monoisotopic (exact) mass is 492 g/mol. The number of aliphatic hydroxyl groups is 1. The first-order valence-corrected chi connectivity index (χ1v) is 12.0. The Kier molecular flexibility index (Phi) is 5.99. The Bertz CT molecular complexity index is 1510. The first-order chi connectivity index (χ1) is 16.5. The number of carbonyl (C=O) groups excluding carboxylic acids is 1. The summed E-state index contributed by atoms with van der Waals surface area (Å²) in [5, 5.41) is 14.3. The highest BCUT2D eigenvalue weighted by Crippen LogP contribution is 2.38. The van der Waals surface area contributed by atoms with Crippen LogP contribution >= 0.6 is 23.1 Å². The van der Waals surface area contributed by atoms with Crippen LogP contribution in [-0.2, 0) is 9.53 Å². The SMILES string of the molecule is COC(=O)/C(=C(/O)CSc1ncnc2scc(-c3ccc(F)cc3)c12)c1nc2ccccc2[nH]1. The Hall–Kier alpha value is -3.76. The molecule has 0 amide bonds. The van der Waals surface area contributed by atoms with Crippen LogP contribution in [0.3, 0.4) is 0 Å². The van der Waals surface area contributed by atoms with Crippen molar-refractivity contribution in [1.29, 1.82) is 0 Å². The second-order valence-corrected chi connectivity index (χ2v) is 9.04. The molecule has 2 N–H and O–H groups in total. The lowest BCUT2D eigenvalue weighted by atomic mass is 10.1. The van der Waals surface area contributed by atoms with Gasteiger partial charge in [0.2, 0.25) is 0 Å². The minimum atomic E-state index is -0.701. The van der Waals surface area contributed by atoms with E-state index in [4.69, 9.17) is 4.74 Å². The molecule has 0 aliphatic carbocycles. The molecule has 7 nitrogen and oxygen atoms in total. The van der Waals surface area contributed by atoms with Gasteiger partial charge in [0, 0.05) is 10.9 Å². The maximum atomic E-state index is 13.4. The van der Waals surface area contributed by atoms with Gasteiger partial charge in [0.1, 0.15) is 39.2 Å². The first kappa shape index (κ1) is 22.1. The van der Waals surface area contributed by atoms with E-state index in [-0.39, 0.29) is 28.7 Å². The highest BCUT2D eigenvalue weighted by Gasteiger charge is 2.23. The molecule has 0 aliphatic rings. The summed E-state index contributed by atoms with van der Waals surface area (Å²) in [7, 11) is 1.25. The number of thioether (sulfide) groups is 1. The molecule has 5 aromatic rings. The molecule has 5 rings (SSSR count). The normalized spacial score (nSPS) is 12.2. The Morgan fingerprint density at radius 1 is 1.18 bits per heavy atom. The van der Waals surface area contributed by atoms with Gasteiger partial charge in [-0.05, 0) is 29.8 Å². The van der Waals surface area contributed by atoms with Crippen LogP contribution in [0.2, 0.25) is 0 Å². The number of ether oxygens (including phenoxy) is 1. The third-order valence-corrected chi connectivity index (χ3v) is 7.03. The molecular formula is C24H17FN4O3S2. The number of H-pyrrole nitrogens is 1. The molecule has 10 heteroatoms. The molecule has 0 unspecified atom stereocenters. The summed E-state index contributed by atoms with van der Waals surface area (Å²) in [4.78, 5) is 29.5. The number of rotatable bonds is 6. The van der Waals surface area contributed by atoms with E-state index in [0.29, 0.717) is 10.5 Å². The molecule has 34 heavy (non-hydrogen) atoms. The number of halogens is 1. The van der Waals surface area contributed by atoms with Gasteiger partial charge in [-0.25, -0.2) is 24.1 Å². The van der Waals surface area contributed by atoms with E-state index in [1.165, 1.54) is 48.7 Å². The summed E-state index contributed by atoms with van der Waals surface area (Å²) < 4.78 is 18.3. The number of fused-ring (bicyclic) bond motifs is 2. The van der Waals surface area contributed by atoms with Gasteiger partial charge < -0.3 is 14.8 Å². The third-order valence-electron chi connectivity index (χ3n) is 5.14. The largest absolute Gasteiger partial charge is 0.510 e. The van der Waals surface area contributed by atoms with E-state index in [9.17, 15) is 14.3 Å². The molecule has 0 saturated heterocycles. The van der Waals surface area contributed by atoms with Crippen LogP contribution in [0.5, 0.6) is 0 Å². The average Bonchev–Trinajstić information content (AvgIpc) is 3.48. The van der Waals surface area contributed by atoms with E-state index >= 15 is 0 Å². The zero-order valence-corrected chi connectivity index (χ0v) is 19.4. The van der Waals surface area contributed by atoms with Gasteiger partial charge in [-0.2, -0.15) is 0 Å². The number of aromatic nitrogens is 4. The van der Waals surface area contributed by atoms with Crippen molar-refractivity contribution in [3.63, 3.8) is 0 Å². The number of hydrogen-bond donors (Lipinski definition) is 2. The number of nitrogens with zero attached hydrogens (tertiary/aromatic N) is 3. The predicted molar refractivity (Wildman–Crippen MR) is 131 cm³/mol. The van der Waals surface area contributed by atoms with E-state index in [0.717, 1.165) is 26.9 Å². The Morgan fingerprint density at radius 2 is 1.97 bits per heavy atom. The zero-order valence-electron chi connectivity index (χ0n) is 17.8. The first-order valence-electron chi connectivity index (χ1n) is 10.1. The average molecular weight is 493 g/mol. The zero-order chi connectivity index (χ0) is 23.7. The molecule has 0 spiro atoms. The van der Waals surface area contributed by atoms with Crippen molar-refractivity contribution in [2.45, 2.75) is 5.03 Å². The molecule has 2 aromatic carbocycles. The fourth-order valence-corrected chi connectivity index (χ4v) is 5.40. The van der Waals surface area contributed by atoms with Gasteiger partial charge in [-0.3, -0.25) is 0 Å². The smallest absolute Gasteiger partial charge is 0.345 e. The van der Waals surface area contributed by atoms with Crippen LogP contribution in [0.4, 0.5) is 4.39 Å². The number of thiophene rings is 1. The molecule has 0 radical (unpaired) electrons. The number of carbonyl (C=O) groups is 1. The van der Waals surface area contributed by atoms with E-state index in [1.54, 1.807) is 18.2 Å². The highest BCUT2D eigenvalue weighted by molar-refractivity contribution is 7.99. The summed E-state index contributed by atoms with van der Waals surface area (Å²) >= 11 is 2.71. The number of aromatic amines is 1. The predicted octanol–water partition coefficient (Wildman–Crippen LogP) is 5.61. The van der Waals surface area contributed by atoms with Gasteiger partial charge in [-0.15, -0.1) is 11.3 Å². The minimum Gasteiger partial charge on any atom is -0.510 e. The maximum absolute atomic E-state index is 13.4. The van der Waals surface area contributed by atoms with Crippen molar-refractivity contribution in [3.05, 3.63) is 77.6 Å². The van der Waals surface area contributed by atoms with Crippen LogP contribution in [-0.4, -0.2) is 43.9 Å². The lowest BCUT2D eigenvalue weighted by Crippen LogP contribution is -2.10. The maximum Gasteiger partial charge on any atom is 0.345 e. The van der Waals surface area contributed by atoms with E-state index in [1.807, 2.05) is 23.6 Å².